The lowest BCUT2D eigenvalue weighted by molar-refractivity contribution is -0.384. The Kier molecular flexibility index (Phi) is 5.40. The maximum atomic E-state index is 11.9. The number of nitro benzene ring substituents is 1. The molecule has 2 aromatic rings. The summed E-state index contributed by atoms with van der Waals surface area (Å²) in [7, 11) is 1.30. The van der Waals surface area contributed by atoms with Crippen molar-refractivity contribution in [2.45, 2.75) is 6.54 Å². The topological polar surface area (TPSA) is 123 Å². The molecule has 0 aliphatic heterocycles. The molecule has 24 heavy (non-hydrogen) atoms. The van der Waals surface area contributed by atoms with E-state index in [0.29, 0.717) is 5.69 Å². The Balaban J connectivity index is 2.00. The monoisotopic (exact) mass is 330 g/mol. The number of non-ortho nitro benzene ring substituents is 1. The van der Waals surface area contributed by atoms with Gasteiger partial charge in [0.2, 0.25) is 0 Å². The van der Waals surface area contributed by atoms with Gasteiger partial charge < -0.3 is 15.4 Å². The number of hydrogen-bond acceptors (Lipinski definition) is 6. The van der Waals surface area contributed by atoms with Crippen LogP contribution in [0.4, 0.5) is 11.4 Å². The van der Waals surface area contributed by atoms with Crippen molar-refractivity contribution in [1.29, 1.82) is 0 Å². The summed E-state index contributed by atoms with van der Waals surface area (Å²) in [6.07, 6.45) is 1.57. The van der Waals surface area contributed by atoms with Gasteiger partial charge in [0.05, 0.1) is 36.0 Å². The molecule has 0 saturated carbocycles. The number of carbonyl (C=O) groups excluding carboxylic acids is 2. The number of aromatic nitrogens is 1. The fourth-order valence-electron chi connectivity index (χ4n) is 1.83. The Bertz CT molecular complexity index is 764. The smallest absolute Gasteiger partial charge is 0.313 e. The van der Waals surface area contributed by atoms with Gasteiger partial charge in [-0.15, -0.1) is 0 Å². The number of rotatable bonds is 5. The van der Waals surface area contributed by atoms with Crippen molar-refractivity contribution in [2.24, 2.45) is 0 Å². The van der Waals surface area contributed by atoms with Crippen LogP contribution >= 0.6 is 0 Å². The molecule has 9 nitrogen and oxygen atoms in total. The summed E-state index contributed by atoms with van der Waals surface area (Å²) in [6.45, 7) is 0.102. The number of methoxy groups -OCH3 is 1. The van der Waals surface area contributed by atoms with Crippen LogP contribution in [0.25, 0.3) is 0 Å². The van der Waals surface area contributed by atoms with E-state index in [1.54, 1.807) is 24.4 Å². The molecule has 1 aromatic heterocycles. The van der Waals surface area contributed by atoms with Gasteiger partial charge in [-0.25, -0.2) is 0 Å². The number of nitro groups is 1. The molecule has 0 radical (unpaired) electrons. The summed E-state index contributed by atoms with van der Waals surface area (Å²) in [5.41, 5.74) is 0.567. The fourth-order valence-corrected chi connectivity index (χ4v) is 1.83. The number of ether oxygens (including phenoxy) is 1. The van der Waals surface area contributed by atoms with Gasteiger partial charge in [0.15, 0.2) is 0 Å². The molecular weight excluding hydrogens is 316 g/mol. The van der Waals surface area contributed by atoms with E-state index in [9.17, 15) is 19.7 Å². The minimum atomic E-state index is -0.918. The molecule has 2 N–H and O–H groups in total. The molecular formula is C15H14N4O5. The van der Waals surface area contributed by atoms with E-state index in [-0.39, 0.29) is 23.7 Å². The van der Waals surface area contributed by atoms with Gasteiger partial charge in [-0.05, 0) is 18.2 Å². The maximum absolute atomic E-state index is 11.9. The largest absolute Gasteiger partial charge is 0.494 e. The first-order valence-corrected chi connectivity index (χ1v) is 6.82. The van der Waals surface area contributed by atoms with Crippen LogP contribution in [0.1, 0.15) is 5.69 Å². The first kappa shape index (κ1) is 16.9. The van der Waals surface area contributed by atoms with Gasteiger partial charge in [0.25, 0.3) is 5.69 Å². The van der Waals surface area contributed by atoms with Gasteiger partial charge in [0, 0.05) is 12.3 Å². The van der Waals surface area contributed by atoms with Gasteiger partial charge in [0.1, 0.15) is 5.75 Å². The molecule has 1 heterocycles. The molecule has 1 aromatic carbocycles. The van der Waals surface area contributed by atoms with Crippen LogP contribution < -0.4 is 15.4 Å². The number of hydrogen-bond donors (Lipinski definition) is 2. The summed E-state index contributed by atoms with van der Waals surface area (Å²) in [5.74, 6) is -1.70. The van der Waals surface area contributed by atoms with E-state index in [1.807, 2.05) is 0 Å². The number of nitrogens with one attached hydrogen (secondary N) is 2. The molecule has 9 heteroatoms. The van der Waals surface area contributed by atoms with E-state index in [4.69, 9.17) is 4.74 Å². The lowest BCUT2D eigenvalue weighted by Gasteiger charge is -2.10. The summed E-state index contributed by atoms with van der Waals surface area (Å²) in [4.78, 5) is 37.8. The summed E-state index contributed by atoms with van der Waals surface area (Å²) in [5, 5.41) is 15.5. The van der Waals surface area contributed by atoms with Crippen LogP contribution in [-0.2, 0) is 16.1 Å². The second kappa shape index (κ2) is 7.68. The van der Waals surface area contributed by atoms with E-state index >= 15 is 0 Å². The van der Waals surface area contributed by atoms with E-state index < -0.39 is 16.7 Å². The Morgan fingerprint density at radius 2 is 2.04 bits per heavy atom. The first-order valence-electron chi connectivity index (χ1n) is 6.82. The molecule has 0 aliphatic carbocycles. The lowest BCUT2D eigenvalue weighted by atomic mass is 10.2. The van der Waals surface area contributed by atoms with E-state index in [1.165, 1.54) is 19.2 Å². The van der Waals surface area contributed by atoms with Crippen molar-refractivity contribution in [3.63, 3.8) is 0 Å². The van der Waals surface area contributed by atoms with Gasteiger partial charge >= 0.3 is 11.8 Å². The fraction of sp³-hybridized carbons (Fsp3) is 0.133. The highest BCUT2D eigenvalue weighted by atomic mass is 16.6. The van der Waals surface area contributed by atoms with Crippen LogP contribution in [-0.4, -0.2) is 28.8 Å². The van der Waals surface area contributed by atoms with Crippen LogP contribution in [0.5, 0.6) is 5.75 Å². The molecule has 0 atom stereocenters. The van der Waals surface area contributed by atoms with Crippen molar-refractivity contribution in [2.75, 3.05) is 12.4 Å². The Morgan fingerprint density at radius 3 is 2.67 bits per heavy atom. The highest BCUT2D eigenvalue weighted by Crippen LogP contribution is 2.28. The Morgan fingerprint density at radius 1 is 1.25 bits per heavy atom. The third kappa shape index (κ3) is 4.26. The average Bonchev–Trinajstić information content (AvgIpc) is 2.60. The number of amides is 2. The maximum Gasteiger partial charge on any atom is 0.313 e. The van der Waals surface area contributed by atoms with E-state index in [0.717, 1.165) is 6.07 Å². The molecule has 0 unspecified atom stereocenters. The number of nitrogens with zero attached hydrogens (tertiary/aromatic N) is 2. The number of carbonyl (C=O) groups is 2. The Labute approximate surface area is 136 Å². The van der Waals surface area contributed by atoms with Crippen LogP contribution in [0.3, 0.4) is 0 Å². The molecule has 124 valence electrons. The zero-order valence-electron chi connectivity index (χ0n) is 12.7. The Hall–Kier alpha value is -3.49. The number of pyridine rings is 1. The zero-order valence-corrected chi connectivity index (χ0v) is 12.7. The SMILES string of the molecule is COc1cc([N+](=O)[O-])ccc1NC(=O)C(=O)NCc1ccccn1. The van der Waals surface area contributed by atoms with E-state index in [2.05, 4.69) is 15.6 Å². The molecule has 0 aliphatic rings. The predicted molar refractivity (Wildman–Crippen MR) is 84.4 cm³/mol. The van der Waals surface area contributed by atoms with Crippen molar-refractivity contribution in [1.82, 2.24) is 10.3 Å². The van der Waals surface area contributed by atoms with Crippen LogP contribution in [0, 0.1) is 10.1 Å². The van der Waals surface area contributed by atoms with Gasteiger partial charge in [-0.3, -0.25) is 24.7 Å². The number of benzene rings is 1. The summed E-state index contributed by atoms with van der Waals surface area (Å²) < 4.78 is 4.99. The first-order chi connectivity index (χ1) is 11.5. The third-order valence-electron chi connectivity index (χ3n) is 3.01. The molecule has 0 saturated heterocycles. The molecule has 0 bridgehead atoms. The van der Waals surface area contributed by atoms with Crippen molar-refractivity contribution >= 4 is 23.2 Å². The second-order valence-corrected chi connectivity index (χ2v) is 4.60. The van der Waals surface area contributed by atoms with Crippen LogP contribution in [0.15, 0.2) is 42.6 Å². The van der Waals surface area contributed by atoms with Gasteiger partial charge in [-0.1, -0.05) is 6.07 Å². The molecule has 2 rings (SSSR count). The lowest BCUT2D eigenvalue weighted by Crippen LogP contribution is -2.35. The van der Waals surface area contributed by atoms with Crippen molar-refractivity contribution in [3.8, 4) is 5.75 Å². The minimum Gasteiger partial charge on any atom is -0.494 e. The molecule has 0 spiro atoms. The normalized spacial score (nSPS) is 9.88. The quantitative estimate of drug-likeness (QED) is 0.483. The zero-order chi connectivity index (χ0) is 17.5. The molecule has 0 fully saturated rings. The molecule has 2 amide bonds. The van der Waals surface area contributed by atoms with Crippen molar-refractivity contribution < 1.29 is 19.2 Å². The predicted octanol–water partition coefficient (Wildman–Crippen LogP) is 1.25. The summed E-state index contributed by atoms with van der Waals surface area (Å²) in [6, 6.07) is 8.85. The third-order valence-corrected chi connectivity index (χ3v) is 3.01. The number of anilines is 1. The van der Waals surface area contributed by atoms with Crippen LogP contribution in [0.2, 0.25) is 0 Å². The highest BCUT2D eigenvalue weighted by Gasteiger charge is 2.17. The standard InChI is InChI=1S/C15H14N4O5/c1-24-13-8-11(19(22)23)5-6-12(13)18-15(21)14(20)17-9-10-4-2-3-7-16-10/h2-8H,9H2,1H3,(H,17,20)(H,18,21). The minimum absolute atomic E-state index is 0.0788. The summed E-state index contributed by atoms with van der Waals surface area (Å²) >= 11 is 0. The second-order valence-electron chi connectivity index (χ2n) is 4.60. The van der Waals surface area contributed by atoms with Crippen molar-refractivity contribution in [3.05, 3.63) is 58.4 Å². The average molecular weight is 330 g/mol. The van der Waals surface area contributed by atoms with Gasteiger partial charge in [-0.2, -0.15) is 0 Å². The highest BCUT2D eigenvalue weighted by molar-refractivity contribution is 6.39.